The summed E-state index contributed by atoms with van der Waals surface area (Å²) >= 11 is 0. The van der Waals surface area contributed by atoms with E-state index in [-0.39, 0.29) is 35.9 Å². The molecule has 0 spiro atoms. The highest BCUT2D eigenvalue weighted by Crippen LogP contribution is 2.27. The van der Waals surface area contributed by atoms with Gasteiger partial charge in [0.25, 0.3) is 0 Å². The van der Waals surface area contributed by atoms with Crippen LogP contribution in [0.5, 0.6) is 0 Å². The smallest absolute Gasteiger partial charge is 0.225 e. The summed E-state index contributed by atoms with van der Waals surface area (Å²) in [5.41, 5.74) is 1.21. The van der Waals surface area contributed by atoms with Crippen molar-refractivity contribution in [1.82, 2.24) is 25.3 Å². The zero-order chi connectivity index (χ0) is 17.6. The Morgan fingerprint density at radius 1 is 1.35 bits per heavy atom. The predicted molar refractivity (Wildman–Crippen MR) is 114 cm³/mol. The van der Waals surface area contributed by atoms with Crippen LogP contribution in [0.1, 0.15) is 37.7 Å². The quantitative estimate of drug-likeness (QED) is 0.386. The standard InChI is InChI=1S/C18H30N6O.HI/c1-19-18(20-9-7-14-11-21-23(2)12-14)22-16-8-10-24(13-16)17(25)15-5-3-4-6-15;/h11-12,15-16H,3-10,13H2,1-2H3,(H2,19,20,22);1H. The molecule has 1 unspecified atom stereocenters. The van der Waals surface area contributed by atoms with E-state index in [2.05, 4.69) is 20.7 Å². The summed E-state index contributed by atoms with van der Waals surface area (Å²) in [5, 5.41) is 11.0. The van der Waals surface area contributed by atoms with E-state index in [4.69, 9.17) is 0 Å². The third kappa shape index (κ3) is 5.59. The number of carbonyl (C=O) groups is 1. The molecule has 1 aromatic heterocycles. The second kappa shape index (κ2) is 10.1. The number of rotatable bonds is 5. The molecule has 146 valence electrons. The molecule has 1 amide bonds. The highest BCUT2D eigenvalue weighted by atomic mass is 127. The number of carbonyl (C=O) groups excluding carboxylic acids is 1. The van der Waals surface area contributed by atoms with Gasteiger partial charge in [-0.1, -0.05) is 12.8 Å². The summed E-state index contributed by atoms with van der Waals surface area (Å²) < 4.78 is 1.82. The van der Waals surface area contributed by atoms with Crippen LogP contribution in [0, 0.1) is 5.92 Å². The highest BCUT2D eigenvalue weighted by Gasteiger charge is 2.32. The van der Waals surface area contributed by atoms with E-state index in [1.807, 2.05) is 29.0 Å². The van der Waals surface area contributed by atoms with Crippen LogP contribution in [0.2, 0.25) is 0 Å². The van der Waals surface area contributed by atoms with Crippen LogP contribution >= 0.6 is 24.0 Å². The minimum Gasteiger partial charge on any atom is -0.356 e. The lowest BCUT2D eigenvalue weighted by Crippen LogP contribution is -2.45. The van der Waals surface area contributed by atoms with Crippen LogP contribution in [0.25, 0.3) is 0 Å². The van der Waals surface area contributed by atoms with Gasteiger partial charge in [0.05, 0.1) is 6.20 Å². The molecule has 26 heavy (non-hydrogen) atoms. The first-order valence-corrected chi connectivity index (χ1v) is 9.39. The molecule has 2 heterocycles. The first kappa shape index (κ1) is 21.0. The molecule has 1 aliphatic carbocycles. The van der Waals surface area contributed by atoms with Gasteiger partial charge < -0.3 is 15.5 Å². The Hall–Kier alpha value is -1.32. The Morgan fingerprint density at radius 3 is 2.77 bits per heavy atom. The zero-order valence-corrected chi connectivity index (χ0v) is 18.1. The fraction of sp³-hybridized carbons (Fsp3) is 0.722. The van der Waals surface area contributed by atoms with Gasteiger partial charge in [0.2, 0.25) is 5.91 Å². The number of aliphatic imine (C=N–C) groups is 1. The second-order valence-electron chi connectivity index (χ2n) is 7.17. The van der Waals surface area contributed by atoms with Crippen molar-refractivity contribution in [2.24, 2.45) is 18.0 Å². The topological polar surface area (TPSA) is 74.6 Å². The van der Waals surface area contributed by atoms with E-state index >= 15 is 0 Å². The third-order valence-electron chi connectivity index (χ3n) is 5.23. The van der Waals surface area contributed by atoms with E-state index < -0.39 is 0 Å². The van der Waals surface area contributed by atoms with E-state index in [1.54, 1.807) is 7.05 Å². The molecule has 3 rings (SSSR count). The molecule has 8 heteroatoms. The molecule has 1 saturated heterocycles. The van der Waals surface area contributed by atoms with Crippen LogP contribution in [0.3, 0.4) is 0 Å². The zero-order valence-electron chi connectivity index (χ0n) is 15.8. The van der Waals surface area contributed by atoms with Gasteiger partial charge in [0, 0.05) is 51.9 Å². The third-order valence-corrected chi connectivity index (χ3v) is 5.23. The highest BCUT2D eigenvalue weighted by molar-refractivity contribution is 14.0. The van der Waals surface area contributed by atoms with Crippen LogP contribution in [0.4, 0.5) is 0 Å². The number of hydrogen-bond acceptors (Lipinski definition) is 3. The van der Waals surface area contributed by atoms with Crippen molar-refractivity contribution >= 4 is 35.8 Å². The van der Waals surface area contributed by atoms with Crippen molar-refractivity contribution in [2.45, 2.75) is 44.6 Å². The number of hydrogen-bond donors (Lipinski definition) is 2. The molecule has 1 aliphatic heterocycles. The molecule has 1 aromatic rings. The average molecular weight is 474 g/mol. The molecule has 1 saturated carbocycles. The maximum Gasteiger partial charge on any atom is 0.225 e. The van der Waals surface area contributed by atoms with Gasteiger partial charge >= 0.3 is 0 Å². The first-order chi connectivity index (χ1) is 12.2. The van der Waals surface area contributed by atoms with Crippen LogP contribution < -0.4 is 10.6 Å². The van der Waals surface area contributed by atoms with Crippen molar-refractivity contribution < 1.29 is 4.79 Å². The van der Waals surface area contributed by atoms with E-state index in [0.29, 0.717) is 5.91 Å². The summed E-state index contributed by atoms with van der Waals surface area (Å²) in [6, 6.07) is 0.287. The second-order valence-corrected chi connectivity index (χ2v) is 7.17. The summed E-state index contributed by atoms with van der Waals surface area (Å²) in [7, 11) is 3.71. The van der Waals surface area contributed by atoms with E-state index in [9.17, 15) is 4.79 Å². The summed E-state index contributed by atoms with van der Waals surface area (Å²) in [5.74, 6) is 1.45. The van der Waals surface area contributed by atoms with Crippen molar-refractivity contribution in [3.63, 3.8) is 0 Å². The summed E-state index contributed by atoms with van der Waals surface area (Å²) in [6.45, 7) is 2.46. The minimum absolute atomic E-state index is 0. The normalized spacial score (nSPS) is 20.9. The number of halogens is 1. The van der Waals surface area contributed by atoms with E-state index in [0.717, 1.165) is 51.3 Å². The molecule has 2 N–H and O–H groups in total. The molecule has 1 atom stereocenters. The van der Waals surface area contributed by atoms with Crippen LogP contribution in [0.15, 0.2) is 17.4 Å². The SMILES string of the molecule is CN=C(NCCc1cnn(C)c1)NC1CCN(C(=O)C2CCCC2)C1.I. The predicted octanol–water partition coefficient (Wildman–Crippen LogP) is 1.54. The Labute approximate surface area is 173 Å². The molecule has 7 nitrogen and oxygen atoms in total. The lowest BCUT2D eigenvalue weighted by atomic mass is 10.1. The maximum absolute atomic E-state index is 12.5. The number of likely N-dealkylation sites (tertiary alicyclic amines) is 1. The molecular weight excluding hydrogens is 443 g/mol. The van der Waals surface area contributed by atoms with E-state index in [1.165, 1.54) is 18.4 Å². The number of aryl methyl sites for hydroxylation is 1. The van der Waals surface area contributed by atoms with Crippen molar-refractivity contribution in [2.75, 3.05) is 26.7 Å². The lowest BCUT2D eigenvalue weighted by Gasteiger charge is -2.21. The van der Waals surface area contributed by atoms with Crippen molar-refractivity contribution in [3.05, 3.63) is 18.0 Å². The van der Waals surface area contributed by atoms with Crippen LogP contribution in [-0.2, 0) is 18.3 Å². The average Bonchev–Trinajstić information content (AvgIpc) is 3.35. The minimum atomic E-state index is 0. The first-order valence-electron chi connectivity index (χ1n) is 9.39. The van der Waals surface area contributed by atoms with Gasteiger partial charge in [-0.05, 0) is 31.2 Å². The lowest BCUT2D eigenvalue weighted by molar-refractivity contribution is -0.134. The fourth-order valence-electron chi connectivity index (χ4n) is 3.82. The maximum atomic E-state index is 12.5. The number of guanidine groups is 1. The van der Waals surface area contributed by atoms with Gasteiger partial charge in [0.1, 0.15) is 0 Å². The number of nitrogens with zero attached hydrogens (tertiary/aromatic N) is 4. The van der Waals surface area contributed by atoms with Crippen LogP contribution in [-0.4, -0.2) is 59.3 Å². The molecule has 0 aromatic carbocycles. The van der Waals surface area contributed by atoms with Gasteiger partial charge in [-0.15, -0.1) is 24.0 Å². The number of nitrogens with one attached hydrogen (secondary N) is 2. The van der Waals surface area contributed by atoms with Gasteiger partial charge in [0.15, 0.2) is 5.96 Å². The molecule has 0 radical (unpaired) electrons. The van der Waals surface area contributed by atoms with Gasteiger partial charge in [-0.2, -0.15) is 5.10 Å². The molecule has 2 aliphatic rings. The molecule has 2 fully saturated rings. The molecular formula is C18H31IN6O. The fourth-order valence-corrected chi connectivity index (χ4v) is 3.82. The Kier molecular flexibility index (Phi) is 8.17. The Bertz CT molecular complexity index is 611. The Morgan fingerprint density at radius 2 is 2.12 bits per heavy atom. The largest absolute Gasteiger partial charge is 0.356 e. The van der Waals surface area contributed by atoms with Gasteiger partial charge in [-0.3, -0.25) is 14.5 Å². The summed E-state index contributed by atoms with van der Waals surface area (Å²) in [6.07, 6.45) is 10.4. The van der Waals surface area contributed by atoms with Crippen molar-refractivity contribution in [3.8, 4) is 0 Å². The van der Waals surface area contributed by atoms with Crippen molar-refractivity contribution in [1.29, 1.82) is 0 Å². The Balaban J connectivity index is 0.00000243. The number of amides is 1. The number of aromatic nitrogens is 2. The van der Waals surface area contributed by atoms with Gasteiger partial charge in [-0.25, -0.2) is 0 Å². The summed E-state index contributed by atoms with van der Waals surface area (Å²) in [4.78, 5) is 18.9. The molecule has 0 bridgehead atoms. The monoisotopic (exact) mass is 474 g/mol.